The lowest BCUT2D eigenvalue weighted by molar-refractivity contribution is 0.0600. The largest absolute Gasteiger partial charge is 0.465 e. The molecule has 0 aromatic carbocycles. The van der Waals surface area contributed by atoms with Crippen molar-refractivity contribution in [2.45, 2.75) is 0 Å². The smallest absolute Gasteiger partial charge is 0.338 e. The number of esters is 1. The van der Waals surface area contributed by atoms with E-state index in [4.69, 9.17) is 0 Å². The molecule has 2 aromatic rings. The van der Waals surface area contributed by atoms with Crippen LogP contribution in [0.25, 0.3) is 0 Å². The number of hydrogen-bond acceptors (Lipinski definition) is 5. The van der Waals surface area contributed by atoms with E-state index in [0.717, 1.165) is 5.69 Å². The van der Waals surface area contributed by atoms with Crippen LogP contribution in [0.5, 0.6) is 0 Å². The standard InChI is InChI=1S/C12H11N3O2/c1-17-12(16)9-4-6-14-11(7-9)15-10-3-2-5-13-8-10/h2-8H,1H3,(H,14,15). The Morgan fingerprint density at radius 1 is 1.35 bits per heavy atom. The molecule has 5 nitrogen and oxygen atoms in total. The third kappa shape index (κ3) is 2.78. The molecule has 5 heteroatoms. The second-order valence-electron chi connectivity index (χ2n) is 3.29. The van der Waals surface area contributed by atoms with Crippen molar-refractivity contribution in [1.82, 2.24) is 9.97 Å². The molecule has 86 valence electrons. The first kappa shape index (κ1) is 11.1. The van der Waals surface area contributed by atoms with Crippen LogP contribution < -0.4 is 5.32 Å². The lowest BCUT2D eigenvalue weighted by atomic mass is 10.2. The first-order chi connectivity index (χ1) is 8.29. The molecule has 0 spiro atoms. The highest BCUT2D eigenvalue weighted by atomic mass is 16.5. The zero-order chi connectivity index (χ0) is 12.1. The lowest BCUT2D eigenvalue weighted by Crippen LogP contribution is -2.03. The number of carbonyl (C=O) groups excluding carboxylic acids is 1. The van der Waals surface area contributed by atoms with Gasteiger partial charge in [0.1, 0.15) is 5.82 Å². The van der Waals surface area contributed by atoms with E-state index in [1.165, 1.54) is 7.11 Å². The van der Waals surface area contributed by atoms with E-state index in [2.05, 4.69) is 20.0 Å². The summed E-state index contributed by atoms with van der Waals surface area (Å²) in [5, 5.41) is 3.04. The van der Waals surface area contributed by atoms with Crippen LogP contribution in [-0.4, -0.2) is 23.0 Å². The van der Waals surface area contributed by atoms with Crippen LogP contribution in [0, 0.1) is 0 Å². The summed E-state index contributed by atoms with van der Waals surface area (Å²) < 4.78 is 4.63. The minimum atomic E-state index is -0.387. The van der Waals surface area contributed by atoms with Crippen LogP contribution in [0.3, 0.4) is 0 Å². The molecule has 0 unspecified atom stereocenters. The summed E-state index contributed by atoms with van der Waals surface area (Å²) in [6.07, 6.45) is 4.90. The maximum atomic E-state index is 11.3. The van der Waals surface area contributed by atoms with Gasteiger partial charge in [-0.25, -0.2) is 9.78 Å². The van der Waals surface area contributed by atoms with Crippen LogP contribution in [-0.2, 0) is 4.74 Å². The summed E-state index contributed by atoms with van der Waals surface area (Å²) in [6, 6.07) is 6.89. The Labute approximate surface area is 98.5 Å². The number of carbonyl (C=O) groups is 1. The van der Waals surface area contributed by atoms with Gasteiger partial charge in [0.25, 0.3) is 0 Å². The van der Waals surface area contributed by atoms with Crippen LogP contribution in [0.2, 0.25) is 0 Å². The molecule has 0 atom stereocenters. The summed E-state index contributed by atoms with van der Waals surface area (Å²) in [4.78, 5) is 19.4. The molecule has 1 N–H and O–H groups in total. The van der Waals surface area contributed by atoms with Gasteiger partial charge in [-0.1, -0.05) is 0 Å². The molecule has 17 heavy (non-hydrogen) atoms. The van der Waals surface area contributed by atoms with Crippen molar-refractivity contribution < 1.29 is 9.53 Å². The Hall–Kier alpha value is -2.43. The minimum Gasteiger partial charge on any atom is -0.465 e. The fourth-order valence-electron chi connectivity index (χ4n) is 1.33. The molecule has 0 amide bonds. The monoisotopic (exact) mass is 229 g/mol. The van der Waals surface area contributed by atoms with Gasteiger partial charge in [0.2, 0.25) is 0 Å². The highest BCUT2D eigenvalue weighted by Crippen LogP contribution is 2.14. The van der Waals surface area contributed by atoms with Gasteiger partial charge in [-0.15, -0.1) is 0 Å². The molecular weight excluding hydrogens is 218 g/mol. The van der Waals surface area contributed by atoms with Crippen molar-refractivity contribution in [2.24, 2.45) is 0 Å². The van der Waals surface area contributed by atoms with Crippen molar-refractivity contribution in [2.75, 3.05) is 12.4 Å². The third-order valence-electron chi connectivity index (χ3n) is 2.11. The highest BCUT2D eigenvalue weighted by molar-refractivity contribution is 5.90. The first-order valence-corrected chi connectivity index (χ1v) is 5.01. The van der Waals surface area contributed by atoms with Gasteiger partial charge in [0, 0.05) is 12.4 Å². The number of pyridine rings is 2. The van der Waals surface area contributed by atoms with E-state index < -0.39 is 0 Å². The van der Waals surface area contributed by atoms with Gasteiger partial charge >= 0.3 is 5.97 Å². The quantitative estimate of drug-likeness (QED) is 0.815. The summed E-state index contributed by atoms with van der Waals surface area (Å²) in [7, 11) is 1.34. The summed E-state index contributed by atoms with van der Waals surface area (Å²) in [5.74, 6) is 0.183. The number of anilines is 2. The van der Waals surface area contributed by atoms with E-state index in [-0.39, 0.29) is 5.97 Å². The molecule has 0 aliphatic rings. The van der Waals surface area contributed by atoms with E-state index in [9.17, 15) is 4.79 Å². The maximum Gasteiger partial charge on any atom is 0.338 e. The second kappa shape index (κ2) is 5.07. The van der Waals surface area contributed by atoms with Crippen LogP contribution in [0.1, 0.15) is 10.4 Å². The normalized spacial score (nSPS) is 9.71. The number of rotatable bonds is 3. The van der Waals surface area contributed by atoms with Crippen LogP contribution in [0.4, 0.5) is 11.5 Å². The fourth-order valence-corrected chi connectivity index (χ4v) is 1.33. The third-order valence-corrected chi connectivity index (χ3v) is 2.11. The Morgan fingerprint density at radius 2 is 2.24 bits per heavy atom. The van der Waals surface area contributed by atoms with Crippen molar-refractivity contribution in [3.8, 4) is 0 Å². The van der Waals surface area contributed by atoms with Gasteiger partial charge in [-0.3, -0.25) is 4.98 Å². The SMILES string of the molecule is COC(=O)c1ccnc(Nc2cccnc2)c1. The molecular formula is C12H11N3O2. The number of nitrogens with zero attached hydrogens (tertiary/aromatic N) is 2. The number of aromatic nitrogens is 2. The molecule has 2 aromatic heterocycles. The molecule has 2 heterocycles. The van der Waals surface area contributed by atoms with Gasteiger partial charge in [-0.2, -0.15) is 0 Å². The average molecular weight is 229 g/mol. The Morgan fingerprint density at radius 3 is 2.94 bits per heavy atom. The van der Waals surface area contributed by atoms with Crippen molar-refractivity contribution >= 4 is 17.5 Å². The van der Waals surface area contributed by atoms with E-state index in [0.29, 0.717) is 11.4 Å². The van der Waals surface area contributed by atoms with E-state index in [1.54, 1.807) is 30.7 Å². The lowest BCUT2D eigenvalue weighted by Gasteiger charge is -2.05. The number of methoxy groups -OCH3 is 1. The highest BCUT2D eigenvalue weighted by Gasteiger charge is 2.06. The Bertz CT molecular complexity index is 514. The van der Waals surface area contributed by atoms with Gasteiger partial charge in [0.15, 0.2) is 0 Å². The molecule has 0 saturated carbocycles. The second-order valence-corrected chi connectivity index (χ2v) is 3.29. The topological polar surface area (TPSA) is 64.1 Å². The molecule has 0 aliphatic carbocycles. The zero-order valence-electron chi connectivity index (χ0n) is 9.25. The van der Waals surface area contributed by atoms with E-state index in [1.807, 2.05) is 12.1 Å². The number of hydrogen-bond donors (Lipinski definition) is 1. The molecule has 2 rings (SSSR count). The van der Waals surface area contributed by atoms with Crippen molar-refractivity contribution in [3.63, 3.8) is 0 Å². The average Bonchev–Trinajstić information content (AvgIpc) is 2.39. The summed E-state index contributed by atoms with van der Waals surface area (Å²) in [5.41, 5.74) is 1.26. The summed E-state index contributed by atoms with van der Waals surface area (Å²) >= 11 is 0. The molecule has 0 radical (unpaired) electrons. The van der Waals surface area contributed by atoms with Gasteiger partial charge < -0.3 is 10.1 Å². The van der Waals surface area contributed by atoms with E-state index >= 15 is 0 Å². The zero-order valence-corrected chi connectivity index (χ0v) is 9.25. The molecule has 0 fully saturated rings. The molecule has 0 aliphatic heterocycles. The Kier molecular flexibility index (Phi) is 3.30. The number of nitrogens with one attached hydrogen (secondary N) is 1. The predicted molar refractivity (Wildman–Crippen MR) is 63.1 cm³/mol. The van der Waals surface area contributed by atoms with Crippen LogP contribution in [0.15, 0.2) is 42.9 Å². The van der Waals surface area contributed by atoms with Gasteiger partial charge in [-0.05, 0) is 24.3 Å². The molecule has 0 saturated heterocycles. The first-order valence-electron chi connectivity index (χ1n) is 5.01. The molecule has 0 bridgehead atoms. The summed E-state index contributed by atoms with van der Waals surface area (Å²) in [6.45, 7) is 0. The number of ether oxygens (including phenoxy) is 1. The minimum absolute atomic E-state index is 0.387. The predicted octanol–water partition coefficient (Wildman–Crippen LogP) is 2.01. The van der Waals surface area contributed by atoms with Crippen molar-refractivity contribution in [1.29, 1.82) is 0 Å². The van der Waals surface area contributed by atoms with Crippen molar-refractivity contribution in [3.05, 3.63) is 48.4 Å². The fraction of sp³-hybridized carbons (Fsp3) is 0.0833. The maximum absolute atomic E-state index is 11.3. The van der Waals surface area contributed by atoms with Crippen LogP contribution >= 0.6 is 0 Å². The van der Waals surface area contributed by atoms with Gasteiger partial charge in [0.05, 0.1) is 24.6 Å². The Balaban J connectivity index is 2.20.